The smallest absolute Gasteiger partial charge is 0.273 e. The number of hydrogen-bond donors (Lipinski definition) is 2. The number of oxime groups is 1. The van der Waals surface area contributed by atoms with Crippen LogP contribution in [0.3, 0.4) is 0 Å². The van der Waals surface area contributed by atoms with Gasteiger partial charge in [-0.15, -0.1) is 0 Å². The van der Waals surface area contributed by atoms with Gasteiger partial charge < -0.3 is 15.5 Å². The van der Waals surface area contributed by atoms with Crippen molar-refractivity contribution in [1.82, 2.24) is 5.32 Å². The van der Waals surface area contributed by atoms with Gasteiger partial charge in [0.1, 0.15) is 5.71 Å². The topological polar surface area (TPSA) is 79.8 Å². The molecule has 2 aromatic rings. The molecule has 0 radical (unpaired) electrons. The Balaban J connectivity index is 1.55. The van der Waals surface area contributed by atoms with Gasteiger partial charge in [0, 0.05) is 25.6 Å². The average molecular weight is 337 g/mol. The summed E-state index contributed by atoms with van der Waals surface area (Å²) >= 11 is 0. The van der Waals surface area contributed by atoms with E-state index in [1.54, 1.807) is 12.1 Å². The summed E-state index contributed by atoms with van der Waals surface area (Å²) in [5.74, 6) is -0.349. The third-order valence-electron chi connectivity index (χ3n) is 3.86. The van der Waals surface area contributed by atoms with Crippen LogP contribution in [0.2, 0.25) is 0 Å². The van der Waals surface area contributed by atoms with Gasteiger partial charge in [-0.05, 0) is 23.3 Å². The molecule has 0 bridgehead atoms. The van der Waals surface area contributed by atoms with Gasteiger partial charge in [-0.3, -0.25) is 9.59 Å². The number of hydrogen-bond acceptors (Lipinski definition) is 4. The molecule has 0 spiro atoms. The summed E-state index contributed by atoms with van der Waals surface area (Å²) in [7, 11) is 0. The Morgan fingerprint density at radius 1 is 1.12 bits per heavy atom. The Morgan fingerprint density at radius 3 is 2.52 bits per heavy atom. The Bertz CT molecular complexity index is 785. The van der Waals surface area contributed by atoms with Gasteiger partial charge in [0.05, 0.1) is 0 Å². The van der Waals surface area contributed by atoms with E-state index in [0.717, 1.165) is 11.1 Å². The minimum Gasteiger partial charge on any atom is -0.387 e. The van der Waals surface area contributed by atoms with Crippen LogP contribution in [0.1, 0.15) is 30.6 Å². The molecule has 0 fully saturated rings. The minimum absolute atomic E-state index is 0.0791. The van der Waals surface area contributed by atoms with Crippen LogP contribution >= 0.6 is 0 Å². The van der Waals surface area contributed by atoms with Crippen LogP contribution in [0.5, 0.6) is 0 Å². The van der Waals surface area contributed by atoms with E-state index in [0.29, 0.717) is 24.4 Å². The molecule has 0 saturated heterocycles. The van der Waals surface area contributed by atoms with Crippen molar-refractivity contribution in [2.75, 3.05) is 5.32 Å². The van der Waals surface area contributed by atoms with E-state index in [1.807, 2.05) is 42.5 Å². The number of carbonyl (C=O) groups is 2. The zero-order valence-corrected chi connectivity index (χ0v) is 13.9. The fraction of sp³-hybridized carbons (Fsp3) is 0.211. The maximum absolute atomic E-state index is 12.3. The first-order valence-electron chi connectivity index (χ1n) is 8.04. The van der Waals surface area contributed by atoms with Gasteiger partial charge in [-0.2, -0.15) is 0 Å². The first kappa shape index (κ1) is 16.7. The quantitative estimate of drug-likeness (QED) is 0.880. The van der Waals surface area contributed by atoms with Crippen LogP contribution in [0.4, 0.5) is 5.69 Å². The van der Waals surface area contributed by atoms with E-state index in [1.165, 1.54) is 6.92 Å². The highest BCUT2D eigenvalue weighted by molar-refractivity contribution is 6.43. The molecule has 0 aromatic heterocycles. The van der Waals surface area contributed by atoms with Crippen molar-refractivity contribution in [2.24, 2.45) is 5.16 Å². The molecule has 2 aromatic carbocycles. The van der Waals surface area contributed by atoms with Crippen LogP contribution in [0.15, 0.2) is 59.8 Å². The summed E-state index contributed by atoms with van der Waals surface area (Å²) in [6.45, 7) is 1.94. The molecule has 0 saturated carbocycles. The molecule has 2 amide bonds. The van der Waals surface area contributed by atoms with Crippen LogP contribution in [0, 0.1) is 0 Å². The predicted octanol–water partition coefficient (Wildman–Crippen LogP) is 2.78. The molecule has 6 heteroatoms. The second kappa shape index (κ2) is 7.61. The molecule has 3 rings (SSSR count). The van der Waals surface area contributed by atoms with Gasteiger partial charge >= 0.3 is 0 Å². The van der Waals surface area contributed by atoms with Gasteiger partial charge in [0.25, 0.3) is 5.91 Å². The lowest BCUT2D eigenvalue weighted by Crippen LogP contribution is -2.22. The number of carbonyl (C=O) groups excluding carboxylic acids is 2. The van der Waals surface area contributed by atoms with Crippen molar-refractivity contribution >= 4 is 23.2 Å². The largest absolute Gasteiger partial charge is 0.387 e. The zero-order valence-electron chi connectivity index (χ0n) is 13.9. The maximum atomic E-state index is 12.3. The summed E-state index contributed by atoms with van der Waals surface area (Å²) in [5.41, 5.74) is 2.99. The zero-order chi connectivity index (χ0) is 17.6. The number of nitrogens with zero attached hydrogens (tertiary/aromatic N) is 1. The molecule has 1 aliphatic heterocycles. The lowest BCUT2D eigenvalue weighted by atomic mass is 10.0. The summed E-state index contributed by atoms with van der Waals surface area (Å²) in [6.07, 6.45) is 0.221. The number of benzene rings is 2. The van der Waals surface area contributed by atoms with E-state index >= 15 is 0 Å². The number of anilines is 1. The van der Waals surface area contributed by atoms with Gasteiger partial charge in [-0.25, -0.2) is 0 Å². The molecular formula is C19H19N3O3. The fourth-order valence-corrected chi connectivity index (χ4v) is 2.49. The molecule has 128 valence electrons. The van der Waals surface area contributed by atoms with Crippen molar-refractivity contribution in [3.63, 3.8) is 0 Å². The van der Waals surface area contributed by atoms with Crippen molar-refractivity contribution in [2.45, 2.75) is 26.0 Å². The third kappa shape index (κ3) is 4.44. The Morgan fingerprint density at radius 2 is 1.84 bits per heavy atom. The minimum atomic E-state index is -0.270. The molecule has 0 unspecified atom stereocenters. The maximum Gasteiger partial charge on any atom is 0.273 e. The Labute approximate surface area is 145 Å². The first-order chi connectivity index (χ1) is 12.1. The van der Waals surface area contributed by atoms with Crippen molar-refractivity contribution in [3.8, 4) is 0 Å². The summed E-state index contributed by atoms with van der Waals surface area (Å²) in [6, 6.07) is 17.0. The predicted molar refractivity (Wildman–Crippen MR) is 94.9 cm³/mol. The van der Waals surface area contributed by atoms with E-state index in [4.69, 9.17) is 4.84 Å². The Kier molecular flexibility index (Phi) is 5.09. The van der Waals surface area contributed by atoms with E-state index in [-0.39, 0.29) is 17.9 Å². The second-order valence-electron chi connectivity index (χ2n) is 5.81. The van der Waals surface area contributed by atoms with Crippen LogP contribution in [-0.4, -0.2) is 17.5 Å². The third-order valence-corrected chi connectivity index (χ3v) is 3.86. The molecule has 0 aliphatic carbocycles. The first-order valence-corrected chi connectivity index (χ1v) is 8.04. The normalized spacial score (nSPS) is 15.9. The lowest BCUT2D eigenvalue weighted by Gasteiger charge is -2.08. The van der Waals surface area contributed by atoms with Crippen molar-refractivity contribution in [3.05, 3.63) is 65.7 Å². The van der Waals surface area contributed by atoms with Crippen molar-refractivity contribution < 1.29 is 14.4 Å². The molecule has 25 heavy (non-hydrogen) atoms. The number of amides is 2. The average Bonchev–Trinajstić information content (AvgIpc) is 3.12. The van der Waals surface area contributed by atoms with Crippen molar-refractivity contribution in [1.29, 1.82) is 0 Å². The molecule has 1 atom stereocenters. The highest BCUT2D eigenvalue weighted by Gasteiger charge is 2.27. The highest BCUT2D eigenvalue weighted by atomic mass is 16.6. The highest BCUT2D eigenvalue weighted by Crippen LogP contribution is 2.27. The van der Waals surface area contributed by atoms with Gasteiger partial charge in [0.2, 0.25) is 5.91 Å². The lowest BCUT2D eigenvalue weighted by molar-refractivity contribution is -0.119. The van der Waals surface area contributed by atoms with E-state index in [2.05, 4.69) is 15.8 Å². The summed E-state index contributed by atoms with van der Waals surface area (Å²) in [4.78, 5) is 28.6. The van der Waals surface area contributed by atoms with E-state index in [9.17, 15) is 9.59 Å². The monoisotopic (exact) mass is 337 g/mol. The standard InChI is InChI=1S/C19H19N3O3/c1-13(23)20-12-14-7-9-16(10-8-14)21-19(24)17-11-18(25-22-17)15-5-3-2-4-6-15/h2-10,18H,11-12H2,1H3,(H,20,23)(H,21,24)/t18-/m1/s1. The SMILES string of the molecule is CC(=O)NCc1ccc(NC(=O)C2=NO[C@@H](c3ccccc3)C2)cc1. The Hall–Kier alpha value is -3.15. The summed E-state index contributed by atoms with van der Waals surface area (Å²) in [5, 5.41) is 9.45. The molecule has 2 N–H and O–H groups in total. The number of nitrogens with one attached hydrogen (secondary N) is 2. The van der Waals surface area contributed by atoms with Crippen LogP contribution in [-0.2, 0) is 21.0 Å². The molecular weight excluding hydrogens is 318 g/mol. The molecule has 6 nitrogen and oxygen atoms in total. The molecule has 1 heterocycles. The second-order valence-corrected chi connectivity index (χ2v) is 5.81. The molecule has 1 aliphatic rings. The fourth-order valence-electron chi connectivity index (χ4n) is 2.49. The number of rotatable bonds is 5. The van der Waals surface area contributed by atoms with Crippen LogP contribution in [0.25, 0.3) is 0 Å². The summed E-state index contributed by atoms with van der Waals surface area (Å²) < 4.78 is 0. The van der Waals surface area contributed by atoms with E-state index < -0.39 is 0 Å². The van der Waals surface area contributed by atoms with Gasteiger partial charge in [-0.1, -0.05) is 47.6 Å². The van der Waals surface area contributed by atoms with Crippen LogP contribution < -0.4 is 10.6 Å². The van der Waals surface area contributed by atoms with Gasteiger partial charge in [0.15, 0.2) is 6.10 Å².